The second-order valence-electron chi connectivity index (χ2n) is 6.06. The van der Waals surface area contributed by atoms with E-state index in [1.807, 2.05) is 6.92 Å². The van der Waals surface area contributed by atoms with Crippen molar-refractivity contribution in [2.45, 2.75) is 25.9 Å². The number of rotatable bonds is 6. The van der Waals surface area contributed by atoms with Crippen LogP contribution >= 0.6 is 11.6 Å². The lowest BCUT2D eigenvalue weighted by atomic mass is 10.2. The van der Waals surface area contributed by atoms with Crippen LogP contribution in [0.3, 0.4) is 0 Å². The van der Waals surface area contributed by atoms with Gasteiger partial charge in [0.25, 0.3) is 5.91 Å². The van der Waals surface area contributed by atoms with E-state index in [1.165, 1.54) is 13.4 Å². The first-order valence-electron chi connectivity index (χ1n) is 8.40. The second-order valence-corrected chi connectivity index (χ2v) is 6.47. The molecule has 1 atom stereocenters. The highest BCUT2D eigenvalue weighted by Gasteiger charge is 2.16. The van der Waals surface area contributed by atoms with Gasteiger partial charge in [-0.1, -0.05) is 11.6 Å². The van der Waals surface area contributed by atoms with Gasteiger partial charge in [-0.05, 0) is 31.4 Å². The van der Waals surface area contributed by atoms with Gasteiger partial charge in [-0.15, -0.1) is 0 Å². The molecule has 8 heteroatoms. The predicted molar refractivity (Wildman–Crippen MR) is 100 cm³/mol. The molecule has 1 unspecified atom stereocenters. The van der Waals surface area contributed by atoms with Crippen LogP contribution in [0.15, 0.2) is 24.5 Å². The standard InChI is InChI=1S/C18H21ClN4O3/c1-11-6-14(16(25-2)7-13(11)19)23-18(24)15-8-17(22-10-21-15)20-9-12-4-3-5-26-12/h6-8,10,12H,3-5,9H2,1-2H3,(H,23,24)(H,20,21,22). The van der Waals surface area contributed by atoms with Crippen molar-refractivity contribution in [3.63, 3.8) is 0 Å². The summed E-state index contributed by atoms with van der Waals surface area (Å²) < 4.78 is 10.8. The van der Waals surface area contributed by atoms with E-state index in [9.17, 15) is 4.79 Å². The molecule has 0 bridgehead atoms. The lowest BCUT2D eigenvalue weighted by Crippen LogP contribution is -2.20. The van der Waals surface area contributed by atoms with E-state index >= 15 is 0 Å². The number of ether oxygens (including phenoxy) is 2. The molecule has 0 radical (unpaired) electrons. The highest BCUT2D eigenvalue weighted by molar-refractivity contribution is 6.31. The third kappa shape index (κ3) is 4.42. The number of aryl methyl sites for hydroxylation is 1. The molecule has 1 saturated heterocycles. The summed E-state index contributed by atoms with van der Waals surface area (Å²) in [7, 11) is 1.52. The molecule has 0 saturated carbocycles. The maximum Gasteiger partial charge on any atom is 0.274 e. The van der Waals surface area contributed by atoms with Crippen LogP contribution in [0.5, 0.6) is 5.75 Å². The first-order valence-corrected chi connectivity index (χ1v) is 8.77. The van der Waals surface area contributed by atoms with Crippen LogP contribution in [0.2, 0.25) is 5.02 Å². The summed E-state index contributed by atoms with van der Waals surface area (Å²) in [5, 5.41) is 6.56. The van der Waals surface area contributed by atoms with Crippen LogP contribution in [-0.2, 0) is 4.74 Å². The minimum Gasteiger partial charge on any atom is -0.495 e. The van der Waals surface area contributed by atoms with Gasteiger partial charge in [0.15, 0.2) is 0 Å². The monoisotopic (exact) mass is 376 g/mol. The van der Waals surface area contributed by atoms with Crippen molar-refractivity contribution >= 4 is 29.0 Å². The minimum absolute atomic E-state index is 0.184. The molecule has 7 nitrogen and oxygen atoms in total. The van der Waals surface area contributed by atoms with Crippen LogP contribution in [0.1, 0.15) is 28.9 Å². The highest BCUT2D eigenvalue weighted by Crippen LogP contribution is 2.31. The Morgan fingerprint density at radius 3 is 2.96 bits per heavy atom. The maximum absolute atomic E-state index is 12.5. The van der Waals surface area contributed by atoms with Gasteiger partial charge in [-0.3, -0.25) is 4.79 Å². The Balaban J connectivity index is 1.70. The number of anilines is 2. The number of hydrogen-bond acceptors (Lipinski definition) is 6. The van der Waals surface area contributed by atoms with Gasteiger partial charge in [-0.2, -0.15) is 0 Å². The molecule has 1 aromatic carbocycles. The van der Waals surface area contributed by atoms with Gasteiger partial charge in [0.05, 0.1) is 18.9 Å². The van der Waals surface area contributed by atoms with E-state index in [0.717, 1.165) is 25.0 Å². The molecule has 1 amide bonds. The summed E-state index contributed by atoms with van der Waals surface area (Å²) in [6.45, 7) is 3.31. The van der Waals surface area contributed by atoms with Crippen LogP contribution in [0.25, 0.3) is 0 Å². The zero-order chi connectivity index (χ0) is 18.5. The van der Waals surface area contributed by atoms with Gasteiger partial charge in [0, 0.05) is 30.3 Å². The van der Waals surface area contributed by atoms with Crippen LogP contribution in [0.4, 0.5) is 11.5 Å². The Morgan fingerprint density at radius 1 is 1.38 bits per heavy atom. The fourth-order valence-electron chi connectivity index (χ4n) is 2.72. The number of hydrogen-bond donors (Lipinski definition) is 2. The molecule has 26 heavy (non-hydrogen) atoms. The summed E-state index contributed by atoms with van der Waals surface area (Å²) in [5.41, 5.74) is 1.63. The lowest BCUT2D eigenvalue weighted by Gasteiger charge is -2.13. The fourth-order valence-corrected chi connectivity index (χ4v) is 2.87. The number of amides is 1. The summed E-state index contributed by atoms with van der Waals surface area (Å²) in [6, 6.07) is 5.04. The number of methoxy groups -OCH3 is 1. The van der Waals surface area contributed by atoms with E-state index in [2.05, 4.69) is 20.6 Å². The Kier molecular flexibility index (Phi) is 5.90. The van der Waals surface area contributed by atoms with Crippen LogP contribution in [-0.4, -0.2) is 42.2 Å². The van der Waals surface area contributed by atoms with Crippen molar-refractivity contribution in [1.82, 2.24) is 9.97 Å². The molecule has 3 rings (SSSR count). The summed E-state index contributed by atoms with van der Waals surface area (Å²) in [5.74, 6) is 0.715. The van der Waals surface area contributed by atoms with Crippen molar-refractivity contribution in [2.24, 2.45) is 0 Å². The quantitative estimate of drug-likeness (QED) is 0.804. The van der Waals surface area contributed by atoms with Crippen molar-refractivity contribution in [2.75, 3.05) is 30.9 Å². The van der Waals surface area contributed by atoms with Crippen LogP contribution < -0.4 is 15.4 Å². The highest BCUT2D eigenvalue weighted by atomic mass is 35.5. The molecule has 2 heterocycles. The van der Waals surface area contributed by atoms with Crippen molar-refractivity contribution < 1.29 is 14.3 Å². The summed E-state index contributed by atoms with van der Waals surface area (Å²) >= 11 is 6.10. The average Bonchev–Trinajstić information content (AvgIpc) is 3.16. The molecule has 0 spiro atoms. The van der Waals surface area contributed by atoms with Crippen LogP contribution in [0, 0.1) is 6.92 Å². The summed E-state index contributed by atoms with van der Waals surface area (Å²) in [4.78, 5) is 20.7. The van der Waals surface area contributed by atoms with Crippen molar-refractivity contribution in [1.29, 1.82) is 0 Å². The number of aromatic nitrogens is 2. The fraction of sp³-hybridized carbons (Fsp3) is 0.389. The molecule has 1 fully saturated rings. The lowest BCUT2D eigenvalue weighted by molar-refractivity contribution is 0.102. The summed E-state index contributed by atoms with van der Waals surface area (Å²) in [6.07, 6.45) is 3.65. The van der Waals surface area contributed by atoms with Gasteiger partial charge >= 0.3 is 0 Å². The van der Waals surface area contributed by atoms with E-state index in [0.29, 0.717) is 28.8 Å². The third-order valence-electron chi connectivity index (χ3n) is 4.16. The molecule has 138 valence electrons. The van der Waals surface area contributed by atoms with Gasteiger partial charge in [0.2, 0.25) is 0 Å². The Morgan fingerprint density at radius 2 is 2.23 bits per heavy atom. The SMILES string of the molecule is COc1cc(Cl)c(C)cc1NC(=O)c1cc(NCC2CCCO2)ncn1. The van der Waals surface area contributed by atoms with E-state index in [-0.39, 0.29) is 17.7 Å². The second kappa shape index (κ2) is 8.33. The normalized spacial score (nSPS) is 16.3. The third-order valence-corrected chi connectivity index (χ3v) is 4.57. The number of benzene rings is 1. The number of carbonyl (C=O) groups is 1. The largest absolute Gasteiger partial charge is 0.495 e. The number of carbonyl (C=O) groups excluding carboxylic acids is 1. The Labute approximate surface area is 157 Å². The molecule has 1 aromatic heterocycles. The molecule has 2 N–H and O–H groups in total. The molecule has 1 aliphatic heterocycles. The van der Waals surface area contributed by atoms with Gasteiger partial charge < -0.3 is 20.1 Å². The maximum atomic E-state index is 12.5. The number of nitrogens with zero attached hydrogens (tertiary/aromatic N) is 2. The molecule has 2 aromatic rings. The predicted octanol–water partition coefficient (Wildman–Crippen LogP) is 3.29. The first-order chi connectivity index (χ1) is 12.6. The number of nitrogens with one attached hydrogen (secondary N) is 2. The molecular formula is C18H21ClN4O3. The van der Waals surface area contributed by atoms with E-state index in [1.54, 1.807) is 18.2 Å². The topological polar surface area (TPSA) is 85.4 Å². The first kappa shape index (κ1) is 18.4. The molecule has 1 aliphatic rings. The number of halogens is 1. The minimum atomic E-state index is -0.354. The van der Waals surface area contributed by atoms with Gasteiger partial charge in [0.1, 0.15) is 23.6 Å². The zero-order valence-electron chi connectivity index (χ0n) is 14.7. The van der Waals surface area contributed by atoms with Crippen molar-refractivity contribution in [3.8, 4) is 5.75 Å². The Bertz CT molecular complexity index is 794. The van der Waals surface area contributed by atoms with E-state index < -0.39 is 0 Å². The zero-order valence-corrected chi connectivity index (χ0v) is 15.5. The Hall–Kier alpha value is -2.38. The van der Waals surface area contributed by atoms with E-state index in [4.69, 9.17) is 21.1 Å². The average molecular weight is 377 g/mol. The van der Waals surface area contributed by atoms with Gasteiger partial charge in [-0.25, -0.2) is 9.97 Å². The smallest absolute Gasteiger partial charge is 0.274 e. The molecule has 0 aliphatic carbocycles. The van der Waals surface area contributed by atoms with Crippen molar-refractivity contribution in [3.05, 3.63) is 40.8 Å². The molecular weight excluding hydrogens is 356 g/mol.